The molecule has 3 nitrogen and oxygen atoms in total. The van der Waals surface area contributed by atoms with Crippen LogP contribution in [-0.2, 0) is 4.79 Å². The summed E-state index contributed by atoms with van der Waals surface area (Å²) in [5.41, 5.74) is 0.613. The first-order valence-corrected chi connectivity index (χ1v) is 4.64. The molecule has 0 aliphatic rings. The van der Waals surface area contributed by atoms with E-state index in [1.807, 2.05) is 0 Å². The van der Waals surface area contributed by atoms with Crippen molar-refractivity contribution >= 4 is 34.9 Å². The first-order valence-electron chi connectivity index (χ1n) is 3.88. The molecule has 0 spiro atoms. The molecule has 0 bridgehead atoms. The van der Waals surface area contributed by atoms with Crippen LogP contribution in [0.15, 0.2) is 18.2 Å². The van der Waals surface area contributed by atoms with Crippen LogP contribution in [0.4, 0.5) is 5.69 Å². The SMILES string of the molecule is CN(CC(=O)O)c1cc(Cl)ccc1Cl. The molecule has 0 radical (unpaired) electrons. The van der Waals surface area contributed by atoms with Gasteiger partial charge in [0.1, 0.15) is 6.54 Å². The average Bonchev–Trinajstić information content (AvgIpc) is 2.08. The van der Waals surface area contributed by atoms with E-state index in [0.29, 0.717) is 15.7 Å². The van der Waals surface area contributed by atoms with E-state index in [4.69, 9.17) is 28.3 Å². The summed E-state index contributed by atoms with van der Waals surface area (Å²) in [6, 6.07) is 4.92. The zero-order chi connectivity index (χ0) is 10.7. The third kappa shape index (κ3) is 2.79. The Kier molecular flexibility index (Phi) is 3.61. The number of halogens is 2. The maximum absolute atomic E-state index is 10.5. The molecule has 1 N–H and O–H groups in total. The summed E-state index contributed by atoms with van der Waals surface area (Å²) >= 11 is 11.6. The number of nitrogens with zero attached hydrogens (tertiary/aromatic N) is 1. The smallest absolute Gasteiger partial charge is 0.323 e. The Bertz CT molecular complexity index is 355. The molecule has 0 unspecified atom stereocenters. The molecule has 0 fully saturated rings. The zero-order valence-electron chi connectivity index (χ0n) is 7.50. The molecule has 1 aromatic rings. The number of carbonyl (C=O) groups is 1. The first-order chi connectivity index (χ1) is 6.50. The Morgan fingerprint density at radius 3 is 2.71 bits per heavy atom. The lowest BCUT2D eigenvalue weighted by Crippen LogP contribution is -2.25. The van der Waals surface area contributed by atoms with Gasteiger partial charge >= 0.3 is 5.97 Å². The second kappa shape index (κ2) is 4.53. The maximum atomic E-state index is 10.5. The fourth-order valence-electron chi connectivity index (χ4n) is 1.07. The van der Waals surface area contributed by atoms with Gasteiger partial charge in [-0.25, -0.2) is 0 Å². The van der Waals surface area contributed by atoms with Gasteiger partial charge in [-0.2, -0.15) is 0 Å². The van der Waals surface area contributed by atoms with Gasteiger partial charge in [0.05, 0.1) is 10.7 Å². The number of likely N-dealkylation sites (N-methyl/N-ethyl adjacent to an activating group) is 1. The Balaban J connectivity index is 2.93. The highest BCUT2D eigenvalue weighted by molar-refractivity contribution is 6.35. The summed E-state index contributed by atoms with van der Waals surface area (Å²) in [6.07, 6.45) is 0. The minimum absolute atomic E-state index is 0.111. The van der Waals surface area contributed by atoms with Crippen molar-refractivity contribution in [2.24, 2.45) is 0 Å². The van der Waals surface area contributed by atoms with Gasteiger partial charge in [-0.3, -0.25) is 4.79 Å². The van der Waals surface area contributed by atoms with E-state index in [-0.39, 0.29) is 6.54 Å². The van der Waals surface area contributed by atoms with Crippen LogP contribution in [0, 0.1) is 0 Å². The highest BCUT2D eigenvalue weighted by atomic mass is 35.5. The van der Waals surface area contributed by atoms with Crippen molar-refractivity contribution in [2.75, 3.05) is 18.5 Å². The highest BCUT2D eigenvalue weighted by Crippen LogP contribution is 2.27. The van der Waals surface area contributed by atoms with E-state index in [0.717, 1.165) is 0 Å². The maximum Gasteiger partial charge on any atom is 0.323 e. The normalized spacial score (nSPS) is 9.93. The third-order valence-electron chi connectivity index (χ3n) is 1.69. The number of rotatable bonds is 3. The Labute approximate surface area is 91.8 Å². The van der Waals surface area contributed by atoms with Crippen LogP contribution in [0.3, 0.4) is 0 Å². The summed E-state index contributed by atoms with van der Waals surface area (Å²) in [6.45, 7) is -0.111. The largest absolute Gasteiger partial charge is 0.480 e. The first kappa shape index (κ1) is 11.1. The van der Waals surface area contributed by atoms with Crippen molar-refractivity contribution in [3.63, 3.8) is 0 Å². The lowest BCUT2D eigenvalue weighted by molar-refractivity contribution is -0.135. The molecule has 1 aromatic carbocycles. The van der Waals surface area contributed by atoms with E-state index in [1.165, 1.54) is 4.90 Å². The molecule has 0 aliphatic heterocycles. The van der Waals surface area contributed by atoms with Crippen LogP contribution in [0.1, 0.15) is 0 Å². The van der Waals surface area contributed by atoms with E-state index in [9.17, 15) is 4.79 Å². The molecule has 0 saturated heterocycles. The van der Waals surface area contributed by atoms with Gasteiger partial charge in [-0.1, -0.05) is 23.2 Å². The second-order valence-corrected chi connectivity index (χ2v) is 3.69. The Hall–Kier alpha value is -0.930. The number of benzene rings is 1. The van der Waals surface area contributed by atoms with Gasteiger partial charge in [-0.15, -0.1) is 0 Å². The predicted molar refractivity (Wildman–Crippen MR) is 57.4 cm³/mol. The molecule has 14 heavy (non-hydrogen) atoms. The fraction of sp³-hybridized carbons (Fsp3) is 0.222. The Morgan fingerprint density at radius 2 is 2.14 bits per heavy atom. The number of aliphatic carboxylic acids is 1. The molecule has 0 atom stereocenters. The van der Waals surface area contributed by atoms with Gasteiger partial charge in [0.25, 0.3) is 0 Å². The molecule has 0 amide bonds. The summed E-state index contributed by atoms with van der Waals surface area (Å²) in [7, 11) is 1.64. The van der Waals surface area contributed by atoms with Crippen molar-refractivity contribution < 1.29 is 9.90 Å². The lowest BCUT2D eigenvalue weighted by Gasteiger charge is -2.18. The second-order valence-electron chi connectivity index (χ2n) is 2.85. The van der Waals surface area contributed by atoms with E-state index in [2.05, 4.69) is 0 Å². The van der Waals surface area contributed by atoms with Crippen LogP contribution in [0.2, 0.25) is 10.0 Å². The van der Waals surface area contributed by atoms with Crippen molar-refractivity contribution in [1.29, 1.82) is 0 Å². The van der Waals surface area contributed by atoms with Gasteiger partial charge in [-0.05, 0) is 18.2 Å². The molecule has 0 aliphatic carbocycles. The van der Waals surface area contributed by atoms with Crippen molar-refractivity contribution in [3.8, 4) is 0 Å². The van der Waals surface area contributed by atoms with Crippen molar-refractivity contribution in [3.05, 3.63) is 28.2 Å². The van der Waals surface area contributed by atoms with Crippen LogP contribution in [0.25, 0.3) is 0 Å². The van der Waals surface area contributed by atoms with Crippen LogP contribution in [-0.4, -0.2) is 24.7 Å². The molecular formula is C9H9Cl2NO2. The van der Waals surface area contributed by atoms with Gasteiger partial charge in [0.2, 0.25) is 0 Å². The summed E-state index contributed by atoms with van der Waals surface area (Å²) < 4.78 is 0. The summed E-state index contributed by atoms with van der Waals surface area (Å²) in [4.78, 5) is 12.0. The Morgan fingerprint density at radius 1 is 1.50 bits per heavy atom. The van der Waals surface area contributed by atoms with E-state index in [1.54, 1.807) is 25.2 Å². The molecule has 0 saturated carbocycles. The zero-order valence-corrected chi connectivity index (χ0v) is 9.01. The number of anilines is 1. The number of carboxylic acid groups (broad SMARTS) is 1. The standard InChI is InChI=1S/C9H9Cl2NO2/c1-12(5-9(13)14)8-4-6(10)2-3-7(8)11/h2-4H,5H2,1H3,(H,13,14). The fourth-order valence-corrected chi connectivity index (χ4v) is 1.49. The van der Waals surface area contributed by atoms with Gasteiger partial charge in [0.15, 0.2) is 0 Å². The monoisotopic (exact) mass is 233 g/mol. The molecule has 76 valence electrons. The minimum Gasteiger partial charge on any atom is -0.480 e. The highest BCUT2D eigenvalue weighted by Gasteiger charge is 2.09. The van der Waals surface area contributed by atoms with E-state index >= 15 is 0 Å². The quantitative estimate of drug-likeness (QED) is 0.873. The third-order valence-corrected chi connectivity index (χ3v) is 2.25. The van der Waals surface area contributed by atoms with Gasteiger partial charge < -0.3 is 10.0 Å². The predicted octanol–water partition coefficient (Wildman–Crippen LogP) is 2.51. The molecule has 0 heterocycles. The van der Waals surface area contributed by atoms with E-state index < -0.39 is 5.97 Å². The van der Waals surface area contributed by atoms with Gasteiger partial charge in [0, 0.05) is 12.1 Å². The summed E-state index contributed by atoms with van der Waals surface area (Å²) in [5, 5.41) is 9.60. The number of hydrogen-bond acceptors (Lipinski definition) is 2. The average molecular weight is 234 g/mol. The van der Waals surface area contributed by atoms with Crippen molar-refractivity contribution in [1.82, 2.24) is 0 Å². The molecule has 1 rings (SSSR count). The molecule has 5 heteroatoms. The minimum atomic E-state index is -0.913. The number of hydrogen-bond donors (Lipinski definition) is 1. The van der Waals surface area contributed by atoms with Crippen LogP contribution >= 0.6 is 23.2 Å². The molecule has 0 aromatic heterocycles. The van der Waals surface area contributed by atoms with Crippen molar-refractivity contribution in [2.45, 2.75) is 0 Å². The topological polar surface area (TPSA) is 40.5 Å². The lowest BCUT2D eigenvalue weighted by atomic mass is 10.3. The van der Waals surface area contributed by atoms with Crippen LogP contribution < -0.4 is 4.90 Å². The van der Waals surface area contributed by atoms with Crippen LogP contribution in [0.5, 0.6) is 0 Å². The molecular weight excluding hydrogens is 225 g/mol. The number of carboxylic acids is 1. The summed E-state index contributed by atoms with van der Waals surface area (Å²) in [5.74, 6) is -0.913.